The second-order valence-corrected chi connectivity index (χ2v) is 7.47. The Hall–Kier alpha value is -0.760. The van der Waals surface area contributed by atoms with Crippen molar-refractivity contribution in [1.29, 1.82) is 0 Å². The Morgan fingerprint density at radius 1 is 1.41 bits per heavy atom. The smallest absolute Gasteiger partial charge is 0.325 e. The van der Waals surface area contributed by atoms with E-state index in [0.717, 1.165) is 0 Å². The van der Waals surface area contributed by atoms with Gasteiger partial charge in [0.05, 0.1) is 0 Å². The van der Waals surface area contributed by atoms with Crippen molar-refractivity contribution in [3.05, 3.63) is 0 Å². The number of hydrogen-bond acceptors (Lipinski definition) is 5. The molecule has 7 nitrogen and oxygen atoms in total. The number of rotatable bonds is 4. The quantitative estimate of drug-likeness (QED) is 0.564. The first-order valence-electron chi connectivity index (χ1n) is 6.68. The Balaban J connectivity index is 2.55. The summed E-state index contributed by atoms with van der Waals surface area (Å²) in [6.45, 7) is 2.95. The number of esters is 1. The molecule has 0 aromatic carbocycles. The van der Waals surface area contributed by atoms with Gasteiger partial charge in [-0.3, -0.25) is 19.4 Å². The third kappa shape index (κ3) is 6.56. The van der Waals surface area contributed by atoms with Crippen LogP contribution in [0.4, 0.5) is 0 Å². The van der Waals surface area contributed by atoms with E-state index >= 15 is 0 Å². The fraction of sp³-hybridized carbons (Fsp3) is 0.750. The highest BCUT2D eigenvalue weighted by molar-refractivity contribution is 6.67. The van der Waals surface area contributed by atoms with Crippen molar-refractivity contribution in [1.82, 2.24) is 15.8 Å². The molecule has 1 rings (SSSR count). The van der Waals surface area contributed by atoms with E-state index in [1.807, 2.05) is 0 Å². The first-order valence-corrected chi connectivity index (χ1v) is 7.81. The summed E-state index contributed by atoms with van der Waals surface area (Å²) in [7, 11) is 0. The fourth-order valence-electron chi connectivity index (χ4n) is 1.97. The number of nitrogens with zero attached hydrogens (tertiary/aromatic N) is 1. The van der Waals surface area contributed by atoms with Crippen molar-refractivity contribution >= 4 is 52.6 Å². The lowest BCUT2D eigenvalue weighted by Gasteiger charge is -2.34. The molecule has 1 heterocycles. The molecule has 0 aromatic heterocycles. The highest BCUT2D eigenvalue weighted by Crippen LogP contribution is 2.26. The second kappa shape index (κ2) is 8.19. The van der Waals surface area contributed by atoms with Crippen LogP contribution in [0.5, 0.6) is 0 Å². The fourth-order valence-corrected chi connectivity index (χ4v) is 2.13. The molecule has 2 atom stereocenters. The van der Waals surface area contributed by atoms with E-state index in [2.05, 4.69) is 10.7 Å². The van der Waals surface area contributed by atoms with E-state index in [1.54, 1.807) is 6.92 Å². The van der Waals surface area contributed by atoms with E-state index in [-0.39, 0.29) is 18.4 Å². The van der Waals surface area contributed by atoms with Crippen LogP contribution in [0.2, 0.25) is 0 Å². The Morgan fingerprint density at radius 2 is 2.05 bits per heavy atom. The molecule has 0 bridgehead atoms. The minimum Gasteiger partial charge on any atom is -0.460 e. The van der Waals surface area contributed by atoms with Gasteiger partial charge in [-0.25, -0.2) is 5.43 Å². The summed E-state index contributed by atoms with van der Waals surface area (Å²) in [6.07, 6.45) is 1.11. The lowest BCUT2D eigenvalue weighted by atomic mass is 10.1. The number of alkyl halides is 3. The Labute approximate surface area is 143 Å². The lowest BCUT2D eigenvalue weighted by Crippen LogP contribution is -2.59. The average Bonchev–Trinajstić information content (AvgIpc) is 2.42. The van der Waals surface area contributed by atoms with E-state index in [4.69, 9.17) is 39.5 Å². The molecule has 1 fully saturated rings. The molecular formula is C12H18Cl3N3O4. The number of carbonyl (C=O) groups excluding carboxylic acids is 3. The van der Waals surface area contributed by atoms with Gasteiger partial charge in [-0.15, -0.1) is 0 Å². The van der Waals surface area contributed by atoms with Gasteiger partial charge in [-0.05, 0) is 19.8 Å². The monoisotopic (exact) mass is 373 g/mol. The molecule has 1 aliphatic heterocycles. The van der Waals surface area contributed by atoms with Crippen LogP contribution < -0.4 is 10.7 Å². The summed E-state index contributed by atoms with van der Waals surface area (Å²) < 4.78 is 3.21. The van der Waals surface area contributed by atoms with Crippen LogP contribution in [0, 0.1) is 0 Å². The number of amides is 2. The topological polar surface area (TPSA) is 87.7 Å². The normalized spacial score (nSPS) is 20.2. The molecule has 1 aliphatic rings. The van der Waals surface area contributed by atoms with E-state index in [0.29, 0.717) is 19.4 Å². The number of halogens is 3. The first kappa shape index (κ1) is 19.3. The van der Waals surface area contributed by atoms with Crippen LogP contribution in [0.3, 0.4) is 0 Å². The van der Waals surface area contributed by atoms with E-state index in [9.17, 15) is 14.4 Å². The molecular weight excluding hydrogens is 357 g/mol. The maximum Gasteiger partial charge on any atom is 0.325 e. The minimum atomic E-state index is -1.68. The van der Waals surface area contributed by atoms with Gasteiger partial charge in [0.25, 0.3) is 5.91 Å². The molecule has 1 saturated heterocycles. The van der Waals surface area contributed by atoms with Crippen molar-refractivity contribution in [2.45, 2.75) is 42.6 Å². The van der Waals surface area contributed by atoms with Crippen molar-refractivity contribution in [3.8, 4) is 0 Å². The van der Waals surface area contributed by atoms with Gasteiger partial charge in [0.2, 0.25) is 9.70 Å². The van der Waals surface area contributed by atoms with Gasteiger partial charge in [-0.2, -0.15) is 0 Å². The van der Waals surface area contributed by atoms with Crippen molar-refractivity contribution < 1.29 is 19.1 Å². The average molecular weight is 375 g/mol. The Kier molecular flexibility index (Phi) is 7.18. The minimum absolute atomic E-state index is 0.309. The van der Waals surface area contributed by atoms with Gasteiger partial charge >= 0.3 is 5.97 Å². The van der Waals surface area contributed by atoms with E-state index in [1.165, 1.54) is 11.9 Å². The van der Waals surface area contributed by atoms with Gasteiger partial charge in [0.1, 0.15) is 18.7 Å². The molecule has 0 saturated carbocycles. The molecule has 0 spiro atoms. The third-order valence-corrected chi connectivity index (χ3v) is 3.23. The second-order valence-electron chi connectivity index (χ2n) is 4.96. The maximum absolute atomic E-state index is 12.2. The zero-order valence-corrected chi connectivity index (χ0v) is 14.5. The maximum atomic E-state index is 12.2. The Morgan fingerprint density at radius 3 is 2.59 bits per heavy atom. The Bertz CT molecular complexity index is 442. The predicted octanol–water partition coefficient (Wildman–Crippen LogP) is 0.920. The summed E-state index contributed by atoms with van der Waals surface area (Å²) in [5.41, 5.74) is 2.77. The summed E-state index contributed by atoms with van der Waals surface area (Å²) >= 11 is 16.5. The number of hydrazine groups is 1. The van der Waals surface area contributed by atoms with Crippen LogP contribution in [-0.2, 0) is 19.1 Å². The van der Waals surface area contributed by atoms with Gasteiger partial charge in [-0.1, -0.05) is 34.8 Å². The highest BCUT2D eigenvalue weighted by atomic mass is 35.6. The SMILES string of the molecule is CC(=O)NC(C)C(=O)N1CCCC(C(=O)OCC(Cl)(Cl)Cl)N1. The molecule has 2 unspecified atom stereocenters. The highest BCUT2D eigenvalue weighted by Gasteiger charge is 2.32. The summed E-state index contributed by atoms with van der Waals surface area (Å²) in [4.78, 5) is 35.0. The molecule has 22 heavy (non-hydrogen) atoms. The summed E-state index contributed by atoms with van der Waals surface area (Å²) in [5, 5.41) is 3.79. The molecule has 2 amide bonds. The third-order valence-electron chi connectivity index (χ3n) is 2.91. The standard InChI is InChI=1S/C12H18Cl3N3O4/c1-7(16-8(2)19)10(20)18-5-3-4-9(17-18)11(21)22-6-12(13,14)15/h7,9,17H,3-6H2,1-2H3,(H,16,19). The molecule has 2 N–H and O–H groups in total. The lowest BCUT2D eigenvalue weighted by molar-refractivity contribution is -0.152. The number of ether oxygens (including phenoxy) is 1. The van der Waals surface area contributed by atoms with Crippen molar-refractivity contribution in [2.24, 2.45) is 0 Å². The van der Waals surface area contributed by atoms with Crippen LogP contribution >= 0.6 is 34.8 Å². The van der Waals surface area contributed by atoms with Gasteiger partial charge < -0.3 is 10.1 Å². The van der Waals surface area contributed by atoms with Crippen LogP contribution in [-0.4, -0.2) is 51.8 Å². The zero-order valence-electron chi connectivity index (χ0n) is 12.2. The van der Waals surface area contributed by atoms with Gasteiger partial charge in [0.15, 0.2) is 0 Å². The van der Waals surface area contributed by atoms with Crippen molar-refractivity contribution in [2.75, 3.05) is 13.2 Å². The van der Waals surface area contributed by atoms with Crippen LogP contribution in [0.25, 0.3) is 0 Å². The molecule has 0 radical (unpaired) electrons. The molecule has 126 valence electrons. The summed E-state index contributed by atoms with van der Waals surface area (Å²) in [5.74, 6) is -1.25. The molecule has 10 heteroatoms. The van der Waals surface area contributed by atoms with Crippen LogP contribution in [0.15, 0.2) is 0 Å². The molecule has 0 aromatic rings. The number of nitrogens with one attached hydrogen (secondary N) is 2. The number of hydrogen-bond donors (Lipinski definition) is 2. The van der Waals surface area contributed by atoms with Crippen molar-refractivity contribution in [3.63, 3.8) is 0 Å². The number of carbonyl (C=O) groups is 3. The largest absolute Gasteiger partial charge is 0.460 e. The predicted molar refractivity (Wildman–Crippen MR) is 82.4 cm³/mol. The first-order chi connectivity index (χ1) is 10.1. The summed E-state index contributed by atoms with van der Waals surface area (Å²) in [6, 6.07) is -1.39. The van der Waals surface area contributed by atoms with Crippen LogP contribution in [0.1, 0.15) is 26.7 Å². The van der Waals surface area contributed by atoms with E-state index < -0.39 is 21.8 Å². The molecule has 0 aliphatic carbocycles. The van der Waals surface area contributed by atoms with Gasteiger partial charge in [0, 0.05) is 13.5 Å². The zero-order chi connectivity index (χ0) is 16.9.